The van der Waals surface area contributed by atoms with E-state index in [-0.39, 0.29) is 0 Å². The second kappa shape index (κ2) is 4.61. The summed E-state index contributed by atoms with van der Waals surface area (Å²) in [4.78, 5) is 6.87. The molecule has 2 aromatic rings. The summed E-state index contributed by atoms with van der Waals surface area (Å²) in [5.41, 5.74) is 1.05. The van der Waals surface area contributed by atoms with Crippen molar-refractivity contribution in [2.45, 2.75) is 19.3 Å². The first-order chi connectivity index (χ1) is 8.72. The molecule has 0 unspecified atom stereocenters. The minimum Gasteiger partial charge on any atom is -0.506 e. The summed E-state index contributed by atoms with van der Waals surface area (Å²) < 4.78 is 2.01. The molecular weight excluding hydrogens is 226 g/mol. The lowest BCUT2D eigenvalue weighted by Crippen LogP contribution is -2.31. The molecule has 0 atom stereocenters. The van der Waals surface area contributed by atoms with Gasteiger partial charge in [0.25, 0.3) is 0 Å². The molecule has 0 radical (unpaired) electrons. The number of aromatic nitrogens is 2. The van der Waals surface area contributed by atoms with Gasteiger partial charge in [0, 0.05) is 6.42 Å². The van der Waals surface area contributed by atoms with Gasteiger partial charge in [-0.25, -0.2) is 4.98 Å². The van der Waals surface area contributed by atoms with E-state index in [0.717, 1.165) is 17.8 Å². The van der Waals surface area contributed by atoms with Crippen LogP contribution >= 0.6 is 0 Å². The molecule has 2 aromatic heterocycles. The van der Waals surface area contributed by atoms with Crippen molar-refractivity contribution >= 4 is 5.52 Å². The van der Waals surface area contributed by atoms with Crippen LogP contribution in [0.15, 0.2) is 24.5 Å². The Morgan fingerprint density at radius 3 is 2.89 bits per heavy atom. The Kier molecular flexibility index (Phi) is 2.96. The van der Waals surface area contributed by atoms with Crippen LogP contribution in [0.4, 0.5) is 0 Å². The van der Waals surface area contributed by atoms with Gasteiger partial charge in [-0.2, -0.15) is 0 Å². The zero-order valence-electron chi connectivity index (χ0n) is 10.7. The van der Waals surface area contributed by atoms with Gasteiger partial charge in [0.1, 0.15) is 11.6 Å². The second-order valence-electron chi connectivity index (χ2n) is 5.31. The number of hydrogen-bond acceptors (Lipinski definition) is 3. The number of likely N-dealkylation sites (tertiary alicyclic amines) is 1. The Labute approximate surface area is 107 Å². The minimum atomic E-state index is 0.296. The third kappa shape index (κ3) is 2.20. The Hall–Kier alpha value is -1.55. The highest BCUT2D eigenvalue weighted by molar-refractivity contribution is 5.48. The molecule has 0 aliphatic carbocycles. The van der Waals surface area contributed by atoms with Crippen LogP contribution in [0.2, 0.25) is 0 Å². The van der Waals surface area contributed by atoms with E-state index in [0.29, 0.717) is 11.7 Å². The third-order valence-corrected chi connectivity index (χ3v) is 3.90. The molecule has 0 amide bonds. The molecule has 1 saturated heterocycles. The lowest BCUT2D eigenvalue weighted by Gasteiger charge is -2.28. The Morgan fingerprint density at radius 1 is 1.33 bits per heavy atom. The van der Waals surface area contributed by atoms with Crippen molar-refractivity contribution in [1.29, 1.82) is 0 Å². The molecule has 0 spiro atoms. The third-order valence-electron chi connectivity index (χ3n) is 3.90. The van der Waals surface area contributed by atoms with Gasteiger partial charge < -0.3 is 14.4 Å². The van der Waals surface area contributed by atoms with Crippen LogP contribution in [0.25, 0.3) is 5.52 Å². The van der Waals surface area contributed by atoms with Crippen molar-refractivity contribution in [1.82, 2.24) is 14.3 Å². The quantitative estimate of drug-likeness (QED) is 0.879. The highest BCUT2D eigenvalue weighted by Gasteiger charge is 2.18. The molecule has 0 saturated carbocycles. The maximum atomic E-state index is 9.56. The van der Waals surface area contributed by atoms with Crippen molar-refractivity contribution in [2.75, 3.05) is 20.1 Å². The van der Waals surface area contributed by atoms with Crippen LogP contribution in [0.3, 0.4) is 0 Å². The van der Waals surface area contributed by atoms with Gasteiger partial charge in [-0.1, -0.05) is 0 Å². The number of rotatable bonds is 2. The monoisotopic (exact) mass is 245 g/mol. The van der Waals surface area contributed by atoms with E-state index >= 15 is 0 Å². The standard InChI is InChI=1S/C14H19N3O/c1-16-6-4-11(5-7-16)8-14-15-9-12-2-3-13(18)10-17(12)14/h2-3,9-11,18H,4-8H2,1H3. The maximum absolute atomic E-state index is 9.56. The van der Waals surface area contributed by atoms with Crippen LogP contribution in [0.1, 0.15) is 18.7 Å². The van der Waals surface area contributed by atoms with Crippen LogP contribution in [-0.4, -0.2) is 39.5 Å². The molecule has 3 rings (SSSR count). The fourth-order valence-electron chi connectivity index (χ4n) is 2.71. The fourth-order valence-corrected chi connectivity index (χ4v) is 2.71. The second-order valence-corrected chi connectivity index (χ2v) is 5.31. The Morgan fingerprint density at radius 2 is 2.11 bits per heavy atom. The maximum Gasteiger partial charge on any atom is 0.132 e. The SMILES string of the molecule is CN1CCC(Cc2ncc3ccc(O)cn23)CC1. The van der Waals surface area contributed by atoms with E-state index in [1.165, 1.54) is 25.9 Å². The average molecular weight is 245 g/mol. The first kappa shape index (κ1) is 11.5. The zero-order valence-corrected chi connectivity index (χ0v) is 10.7. The Balaban J connectivity index is 1.80. The Bertz CT molecular complexity index is 541. The largest absolute Gasteiger partial charge is 0.506 e. The molecule has 4 heteroatoms. The predicted molar refractivity (Wildman–Crippen MR) is 70.8 cm³/mol. The molecule has 1 aliphatic heterocycles. The molecular formula is C14H19N3O. The number of imidazole rings is 1. The molecule has 96 valence electrons. The van der Waals surface area contributed by atoms with Gasteiger partial charge in [0.15, 0.2) is 0 Å². The smallest absolute Gasteiger partial charge is 0.132 e. The number of nitrogens with zero attached hydrogens (tertiary/aromatic N) is 3. The lowest BCUT2D eigenvalue weighted by atomic mass is 9.93. The summed E-state index contributed by atoms with van der Waals surface area (Å²) in [5.74, 6) is 2.08. The molecule has 0 aromatic carbocycles. The molecule has 1 aliphatic rings. The normalized spacial score (nSPS) is 18.5. The topological polar surface area (TPSA) is 40.8 Å². The van der Waals surface area contributed by atoms with Crippen LogP contribution in [0.5, 0.6) is 5.75 Å². The average Bonchev–Trinajstić information content (AvgIpc) is 2.75. The van der Waals surface area contributed by atoms with E-state index in [4.69, 9.17) is 0 Å². The summed E-state index contributed by atoms with van der Waals surface area (Å²) in [6.45, 7) is 2.36. The van der Waals surface area contributed by atoms with Crippen molar-refractivity contribution in [2.24, 2.45) is 5.92 Å². The molecule has 3 heterocycles. The van der Waals surface area contributed by atoms with Crippen LogP contribution < -0.4 is 0 Å². The van der Waals surface area contributed by atoms with Gasteiger partial charge in [-0.3, -0.25) is 0 Å². The summed E-state index contributed by atoms with van der Waals surface area (Å²) in [7, 11) is 2.18. The van der Waals surface area contributed by atoms with Gasteiger partial charge >= 0.3 is 0 Å². The van der Waals surface area contributed by atoms with Gasteiger partial charge in [0.05, 0.1) is 17.9 Å². The predicted octanol–water partition coefficient (Wildman–Crippen LogP) is 1.92. The van der Waals surface area contributed by atoms with Crippen molar-refractivity contribution < 1.29 is 5.11 Å². The lowest BCUT2D eigenvalue weighted by molar-refractivity contribution is 0.217. The van der Waals surface area contributed by atoms with E-state index in [1.807, 2.05) is 16.7 Å². The fraction of sp³-hybridized carbons (Fsp3) is 0.500. The number of aromatic hydroxyl groups is 1. The highest BCUT2D eigenvalue weighted by atomic mass is 16.3. The first-order valence-electron chi connectivity index (χ1n) is 6.56. The minimum absolute atomic E-state index is 0.296. The summed E-state index contributed by atoms with van der Waals surface area (Å²) >= 11 is 0. The van der Waals surface area contributed by atoms with Crippen molar-refractivity contribution in [3.8, 4) is 5.75 Å². The number of piperidine rings is 1. The molecule has 18 heavy (non-hydrogen) atoms. The number of hydrogen-bond donors (Lipinski definition) is 1. The molecule has 1 N–H and O–H groups in total. The molecule has 1 fully saturated rings. The first-order valence-corrected chi connectivity index (χ1v) is 6.56. The number of pyridine rings is 1. The van der Waals surface area contributed by atoms with Gasteiger partial charge in [-0.05, 0) is 51.0 Å². The van der Waals surface area contributed by atoms with E-state index in [2.05, 4.69) is 16.9 Å². The van der Waals surface area contributed by atoms with Crippen molar-refractivity contribution in [3.05, 3.63) is 30.4 Å². The van der Waals surface area contributed by atoms with E-state index < -0.39 is 0 Å². The summed E-state index contributed by atoms with van der Waals surface area (Å²) in [6.07, 6.45) is 7.12. The van der Waals surface area contributed by atoms with Gasteiger partial charge in [0.2, 0.25) is 0 Å². The number of fused-ring (bicyclic) bond motifs is 1. The zero-order chi connectivity index (χ0) is 12.5. The van der Waals surface area contributed by atoms with E-state index in [1.54, 1.807) is 12.3 Å². The van der Waals surface area contributed by atoms with Crippen molar-refractivity contribution in [3.63, 3.8) is 0 Å². The van der Waals surface area contributed by atoms with Gasteiger partial charge in [-0.15, -0.1) is 0 Å². The summed E-state index contributed by atoms with van der Waals surface area (Å²) in [6, 6.07) is 3.61. The highest BCUT2D eigenvalue weighted by Crippen LogP contribution is 2.22. The molecule has 4 nitrogen and oxygen atoms in total. The summed E-state index contributed by atoms with van der Waals surface area (Å²) in [5, 5.41) is 9.56. The molecule has 0 bridgehead atoms. The van der Waals surface area contributed by atoms with Crippen LogP contribution in [0, 0.1) is 5.92 Å². The van der Waals surface area contributed by atoms with Crippen LogP contribution in [-0.2, 0) is 6.42 Å². The van der Waals surface area contributed by atoms with E-state index in [9.17, 15) is 5.11 Å².